The molecule has 1 atom stereocenters. The molecule has 0 bridgehead atoms. The summed E-state index contributed by atoms with van der Waals surface area (Å²) in [5.41, 5.74) is 9.58. The van der Waals surface area contributed by atoms with Crippen LogP contribution in [-0.4, -0.2) is 15.2 Å². The number of anilines is 2. The van der Waals surface area contributed by atoms with E-state index < -0.39 is 0 Å². The van der Waals surface area contributed by atoms with E-state index in [1.807, 2.05) is 30.3 Å². The van der Waals surface area contributed by atoms with Crippen LogP contribution in [0, 0.1) is 0 Å². The number of rotatable bonds is 3. The third kappa shape index (κ3) is 2.22. The lowest BCUT2D eigenvalue weighted by atomic mass is 10.1. The van der Waals surface area contributed by atoms with E-state index in [1.54, 1.807) is 12.4 Å². The Balaban J connectivity index is 1.90. The lowest BCUT2D eigenvalue weighted by Gasteiger charge is -2.16. The molecule has 5 heteroatoms. The van der Waals surface area contributed by atoms with Gasteiger partial charge in [-0.2, -0.15) is 5.10 Å². The van der Waals surface area contributed by atoms with Gasteiger partial charge in [-0.3, -0.25) is 10.1 Å². The standard InChI is InChI=1S/C14H15N5/c1-9(12-4-2-3-5-16-12)18-14-7-13-10(6-11(14)15)8-17-19-13/h2-9,18H,15H2,1H3,(H,17,19). The summed E-state index contributed by atoms with van der Waals surface area (Å²) < 4.78 is 0. The minimum atomic E-state index is 0.0869. The van der Waals surface area contributed by atoms with E-state index in [2.05, 4.69) is 27.4 Å². The molecule has 0 fully saturated rings. The molecule has 0 aliphatic carbocycles. The van der Waals surface area contributed by atoms with E-state index in [1.165, 1.54) is 0 Å². The smallest absolute Gasteiger partial charge is 0.0672 e. The number of nitrogens with zero attached hydrogens (tertiary/aromatic N) is 2. The summed E-state index contributed by atoms with van der Waals surface area (Å²) >= 11 is 0. The second-order valence-electron chi connectivity index (χ2n) is 4.52. The molecule has 0 aliphatic heterocycles. The van der Waals surface area contributed by atoms with Gasteiger partial charge in [0.1, 0.15) is 0 Å². The molecule has 2 heterocycles. The van der Waals surface area contributed by atoms with Gasteiger partial charge in [0.2, 0.25) is 0 Å². The zero-order valence-corrected chi connectivity index (χ0v) is 10.6. The van der Waals surface area contributed by atoms with Crippen molar-refractivity contribution in [2.75, 3.05) is 11.1 Å². The molecule has 1 aromatic carbocycles. The lowest BCUT2D eigenvalue weighted by molar-refractivity contribution is 0.840. The average molecular weight is 253 g/mol. The van der Waals surface area contributed by atoms with Crippen molar-refractivity contribution in [1.29, 1.82) is 0 Å². The third-order valence-electron chi connectivity index (χ3n) is 3.11. The summed E-state index contributed by atoms with van der Waals surface area (Å²) in [5.74, 6) is 0. The number of fused-ring (bicyclic) bond motifs is 1. The first-order valence-corrected chi connectivity index (χ1v) is 6.14. The highest BCUT2D eigenvalue weighted by Crippen LogP contribution is 2.27. The van der Waals surface area contributed by atoms with Crippen molar-refractivity contribution in [2.45, 2.75) is 13.0 Å². The first-order valence-electron chi connectivity index (χ1n) is 6.14. The molecular formula is C14H15N5. The molecule has 0 aliphatic rings. The van der Waals surface area contributed by atoms with E-state index in [4.69, 9.17) is 5.73 Å². The largest absolute Gasteiger partial charge is 0.397 e. The second-order valence-corrected chi connectivity index (χ2v) is 4.52. The number of aromatic nitrogens is 3. The zero-order valence-electron chi connectivity index (χ0n) is 10.6. The van der Waals surface area contributed by atoms with Gasteiger partial charge in [0.25, 0.3) is 0 Å². The Morgan fingerprint density at radius 1 is 1.32 bits per heavy atom. The van der Waals surface area contributed by atoms with Gasteiger partial charge in [0.15, 0.2) is 0 Å². The second kappa shape index (κ2) is 4.61. The van der Waals surface area contributed by atoms with Crippen LogP contribution >= 0.6 is 0 Å². The molecule has 0 amide bonds. The van der Waals surface area contributed by atoms with Gasteiger partial charge in [-0.1, -0.05) is 6.07 Å². The lowest BCUT2D eigenvalue weighted by Crippen LogP contribution is -2.09. The highest BCUT2D eigenvalue weighted by atomic mass is 15.1. The first-order chi connectivity index (χ1) is 9.24. The summed E-state index contributed by atoms with van der Waals surface area (Å²) in [5, 5.41) is 11.3. The Morgan fingerprint density at radius 2 is 2.21 bits per heavy atom. The topological polar surface area (TPSA) is 79.6 Å². The van der Waals surface area contributed by atoms with Crippen molar-refractivity contribution >= 4 is 22.3 Å². The maximum Gasteiger partial charge on any atom is 0.0672 e. The Kier molecular flexibility index (Phi) is 2.79. The molecule has 1 unspecified atom stereocenters. The first kappa shape index (κ1) is 11.5. The van der Waals surface area contributed by atoms with Crippen LogP contribution in [0.25, 0.3) is 10.9 Å². The number of nitrogens with two attached hydrogens (primary N) is 1. The van der Waals surface area contributed by atoms with Crippen molar-refractivity contribution in [1.82, 2.24) is 15.2 Å². The van der Waals surface area contributed by atoms with E-state index in [0.717, 1.165) is 22.3 Å². The van der Waals surface area contributed by atoms with Gasteiger partial charge in [0, 0.05) is 11.6 Å². The number of H-pyrrole nitrogens is 1. The highest BCUT2D eigenvalue weighted by molar-refractivity contribution is 5.88. The summed E-state index contributed by atoms with van der Waals surface area (Å²) in [7, 11) is 0. The van der Waals surface area contributed by atoms with Crippen molar-refractivity contribution in [3.63, 3.8) is 0 Å². The Bertz CT molecular complexity index is 689. The van der Waals surface area contributed by atoms with Crippen LogP contribution in [0.4, 0.5) is 11.4 Å². The molecule has 96 valence electrons. The van der Waals surface area contributed by atoms with Gasteiger partial charge in [0.05, 0.1) is 34.8 Å². The van der Waals surface area contributed by atoms with Crippen LogP contribution in [0.2, 0.25) is 0 Å². The Morgan fingerprint density at radius 3 is 3.00 bits per heavy atom. The molecule has 0 saturated carbocycles. The number of hydrogen-bond acceptors (Lipinski definition) is 4. The Hall–Kier alpha value is -2.56. The van der Waals surface area contributed by atoms with Crippen molar-refractivity contribution in [2.24, 2.45) is 0 Å². The predicted molar refractivity (Wildman–Crippen MR) is 76.8 cm³/mol. The molecule has 5 nitrogen and oxygen atoms in total. The fourth-order valence-corrected chi connectivity index (χ4v) is 2.07. The number of nitrogen functional groups attached to an aromatic ring is 1. The predicted octanol–water partition coefficient (Wildman–Crippen LogP) is 2.71. The van der Waals surface area contributed by atoms with Crippen molar-refractivity contribution in [3.8, 4) is 0 Å². The van der Waals surface area contributed by atoms with Gasteiger partial charge >= 0.3 is 0 Å². The van der Waals surface area contributed by atoms with E-state index >= 15 is 0 Å². The summed E-state index contributed by atoms with van der Waals surface area (Å²) in [6, 6.07) is 9.83. The summed E-state index contributed by atoms with van der Waals surface area (Å²) in [6.07, 6.45) is 3.55. The highest BCUT2D eigenvalue weighted by Gasteiger charge is 2.09. The van der Waals surface area contributed by atoms with Gasteiger partial charge in [-0.05, 0) is 31.2 Å². The monoisotopic (exact) mass is 253 g/mol. The van der Waals surface area contributed by atoms with Crippen LogP contribution in [0.3, 0.4) is 0 Å². The van der Waals surface area contributed by atoms with E-state index in [0.29, 0.717) is 5.69 Å². The van der Waals surface area contributed by atoms with Crippen LogP contribution in [0.5, 0.6) is 0 Å². The number of hydrogen-bond donors (Lipinski definition) is 3. The fraction of sp³-hybridized carbons (Fsp3) is 0.143. The zero-order chi connectivity index (χ0) is 13.2. The molecule has 0 radical (unpaired) electrons. The van der Waals surface area contributed by atoms with Crippen LogP contribution in [0.15, 0.2) is 42.7 Å². The average Bonchev–Trinajstić information content (AvgIpc) is 2.87. The van der Waals surface area contributed by atoms with Gasteiger partial charge in [-0.25, -0.2) is 0 Å². The summed E-state index contributed by atoms with van der Waals surface area (Å²) in [6.45, 7) is 2.05. The Labute approximate surface area is 110 Å². The minimum absolute atomic E-state index is 0.0869. The molecule has 3 aromatic rings. The number of nitrogens with one attached hydrogen (secondary N) is 2. The van der Waals surface area contributed by atoms with Gasteiger partial charge < -0.3 is 11.1 Å². The minimum Gasteiger partial charge on any atom is -0.397 e. The third-order valence-corrected chi connectivity index (χ3v) is 3.11. The maximum atomic E-state index is 6.05. The number of pyridine rings is 1. The van der Waals surface area contributed by atoms with Crippen molar-refractivity contribution in [3.05, 3.63) is 48.4 Å². The maximum absolute atomic E-state index is 6.05. The number of aromatic amines is 1. The number of benzene rings is 1. The van der Waals surface area contributed by atoms with E-state index in [-0.39, 0.29) is 6.04 Å². The normalized spacial score (nSPS) is 12.5. The quantitative estimate of drug-likeness (QED) is 0.627. The molecule has 4 N–H and O–H groups in total. The summed E-state index contributed by atoms with van der Waals surface area (Å²) in [4.78, 5) is 4.33. The van der Waals surface area contributed by atoms with Crippen LogP contribution in [-0.2, 0) is 0 Å². The molecule has 3 rings (SSSR count). The molecule has 0 saturated heterocycles. The fourth-order valence-electron chi connectivity index (χ4n) is 2.07. The van der Waals surface area contributed by atoms with Crippen LogP contribution < -0.4 is 11.1 Å². The molecule has 0 spiro atoms. The van der Waals surface area contributed by atoms with Crippen molar-refractivity contribution < 1.29 is 0 Å². The molecule has 2 aromatic heterocycles. The molecule has 19 heavy (non-hydrogen) atoms. The molecular weight excluding hydrogens is 238 g/mol. The van der Waals surface area contributed by atoms with Gasteiger partial charge in [-0.15, -0.1) is 0 Å². The van der Waals surface area contributed by atoms with Crippen LogP contribution in [0.1, 0.15) is 18.7 Å². The van der Waals surface area contributed by atoms with E-state index in [9.17, 15) is 0 Å². The SMILES string of the molecule is CC(Nc1cc2[nH]ncc2cc1N)c1ccccn1.